The molecule has 0 bridgehead atoms. The molecule has 3 heterocycles. The van der Waals surface area contributed by atoms with E-state index in [1.54, 1.807) is 18.3 Å². The lowest BCUT2D eigenvalue weighted by atomic mass is 9.98. The third-order valence-corrected chi connectivity index (χ3v) is 4.81. The van der Waals surface area contributed by atoms with E-state index in [4.69, 9.17) is 0 Å². The predicted molar refractivity (Wildman–Crippen MR) is 103 cm³/mol. The van der Waals surface area contributed by atoms with Crippen molar-refractivity contribution in [3.05, 3.63) is 52.6 Å². The van der Waals surface area contributed by atoms with Gasteiger partial charge in [0.15, 0.2) is 5.78 Å². The van der Waals surface area contributed by atoms with Crippen LogP contribution in [0.3, 0.4) is 0 Å². The van der Waals surface area contributed by atoms with Gasteiger partial charge in [0.25, 0.3) is 5.91 Å². The van der Waals surface area contributed by atoms with Crippen molar-refractivity contribution in [2.45, 2.75) is 25.5 Å². The second-order valence-corrected chi connectivity index (χ2v) is 6.88. The van der Waals surface area contributed by atoms with Crippen LogP contribution in [0.15, 0.2) is 24.4 Å². The number of amides is 1. The van der Waals surface area contributed by atoms with Crippen molar-refractivity contribution < 1.29 is 19.1 Å². The number of Topliss-reactive ketones (excluding diaryl/α,β-unsaturated/α-hetero) is 1. The van der Waals surface area contributed by atoms with Gasteiger partial charge in [0.2, 0.25) is 0 Å². The standard InChI is InChI=1S/C21H18FN3O3/c1-11(26)12-6-14(23-9-12)8-17-20-16(3-2-13-7-15(27)10-24-13)18(22)4-5-19(20)25-21(17)28/h4-6,8-9,13,15,23-24,27H,7,10H2,1H3,(H,25,28). The number of anilines is 1. The molecule has 0 spiro atoms. The number of aromatic amines is 1. The molecular weight excluding hydrogens is 361 g/mol. The van der Waals surface area contributed by atoms with Crippen LogP contribution in [0, 0.1) is 17.7 Å². The summed E-state index contributed by atoms with van der Waals surface area (Å²) in [5.41, 5.74) is 2.34. The number of carbonyl (C=O) groups excluding carboxylic acids is 2. The molecule has 2 aliphatic rings. The molecule has 1 fully saturated rings. The number of halogens is 1. The number of aliphatic hydroxyl groups is 1. The minimum absolute atomic E-state index is 0.0963. The maximum absolute atomic E-state index is 14.6. The van der Waals surface area contributed by atoms with Gasteiger partial charge in [-0.25, -0.2) is 4.39 Å². The number of carbonyl (C=O) groups is 2. The maximum Gasteiger partial charge on any atom is 0.256 e. The predicted octanol–water partition coefficient (Wildman–Crippen LogP) is 1.92. The van der Waals surface area contributed by atoms with Crippen molar-refractivity contribution in [2.75, 3.05) is 11.9 Å². The van der Waals surface area contributed by atoms with Crippen molar-refractivity contribution in [1.82, 2.24) is 10.3 Å². The first-order chi connectivity index (χ1) is 13.4. The van der Waals surface area contributed by atoms with Crippen LogP contribution < -0.4 is 10.6 Å². The fourth-order valence-electron chi connectivity index (χ4n) is 3.36. The van der Waals surface area contributed by atoms with Crippen LogP contribution in [0.1, 0.15) is 40.5 Å². The van der Waals surface area contributed by atoms with Gasteiger partial charge in [-0.1, -0.05) is 11.8 Å². The summed E-state index contributed by atoms with van der Waals surface area (Å²) in [6.07, 6.45) is 3.15. The number of benzene rings is 1. The summed E-state index contributed by atoms with van der Waals surface area (Å²) < 4.78 is 14.6. The van der Waals surface area contributed by atoms with Crippen molar-refractivity contribution in [3.63, 3.8) is 0 Å². The summed E-state index contributed by atoms with van der Waals surface area (Å²) in [6.45, 7) is 1.90. The first-order valence-electron chi connectivity index (χ1n) is 8.90. The Morgan fingerprint density at radius 3 is 2.89 bits per heavy atom. The number of aromatic nitrogens is 1. The molecule has 2 aromatic rings. The zero-order chi connectivity index (χ0) is 19.8. The third-order valence-electron chi connectivity index (χ3n) is 4.81. The number of ketones is 1. The van der Waals surface area contributed by atoms with E-state index in [1.807, 2.05) is 0 Å². The molecule has 2 aliphatic heterocycles. The molecule has 2 unspecified atom stereocenters. The Labute approximate surface area is 160 Å². The molecule has 6 nitrogen and oxygen atoms in total. The van der Waals surface area contributed by atoms with Gasteiger partial charge in [-0.15, -0.1) is 0 Å². The fraction of sp³-hybridized carbons (Fsp3) is 0.238. The van der Waals surface area contributed by atoms with Crippen LogP contribution in [0.2, 0.25) is 0 Å². The summed E-state index contributed by atoms with van der Waals surface area (Å²) in [4.78, 5) is 26.9. The number of nitrogens with one attached hydrogen (secondary N) is 3. The van der Waals surface area contributed by atoms with Crippen LogP contribution in [-0.2, 0) is 4.79 Å². The summed E-state index contributed by atoms with van der Waals surface area (Å²) in [6, 6.07) is 4.17. The van der Waals surface area contributed by atoms with E-state index in [1.165, 1.54) is 19.1 Å². The molecule has 7 heteroatoms. The molecule has 28 heavy (non-hydrogen) atoms. The van der Waals surface area contributed by atoms with Gasteiger partial charge in [0.1, 0.15) is 5.82 Å². The zero-order valence-electron chi connectivity index (χ0n) is 15.1. The Kier molecular flexibility index (Phi) is 4.59. The zero-order valence-corrected chi connectivity index (χ0v) is 15.1. The second kappa shape index (κ2) is 7.08. The van der Waals surface area contributed by atoms with E-state index in [0.29, 0.717) is 35.5 Å². The van der Waals surface area contributed by atoms with E-state index < -0.39 is 11.9 Å². The fourth-order valence-corrected chi connectivity index (χ4v) is 3.36. The first kappa shape index (κ1) is 18.2. The minimum atomic E-state index is -0.525. The van der Waals surface area contributed by atoms with Gasteiger partial charge in [-0.3, -0.25) is 9.59 Å². The molecule has 4 rings (SSSR count). The normalized spacial score (nSPS) is 22.0. The molecular formula is C21H18FN3O3. The van der Waals surface area contributed by atoms with Crippen LogP contribution in [0.25, 0.3) is 11.6 Å². The Bertz CT molecular complexity index is 1070. The minimum Gasteiger partial charge on any atom is -0.392 e. The summed E-state index contributed by atoms with van der Waals surface area (Å²) >= 11 is 0. The molecule has 0 radical (unpaired) electrons. The number of β-amino-alcohol motifs (C(OH)–C–C–N with tert-alkyl or cyclic N) is 1. The van der Waals surface area contributed by atoms with Crippen molar-refractivity contribution in [2.24, 2.45) is 0 Å². The van der Waals surface area contributed by atoms with Gasteiger partial charge < -0.3 is 20.7 Å². The summed E-state index contributed by atoms with van der Waals surface area (Å²) in [5, 5.41) is 15.4. The topological polar surface area (TPSA) is 94.2 Å². The Morgan fingerprint density at radius 1 is 1.39 bits per heavy atom. The number of hydrogen-bond donors (Lipinski definition) is 4. The number of aliphatic hydroxyl groups excluding tert-OH is 1. The van der Waals surface area contributed by atoms with Crippen molar-refractivity contribution in [3.8, 4) is 11.8 Å². The molecule has 1 aromatic heterocycles. The highest BCUT2D eigenvalue weighted by atomic mass is 19.1. The summed E-state index contributed by atoms with van der Waals surface area (Å²) in [7, 11) is 0. The molecule has 0 saturated carbocycles. The van der Waals surface area contributed by atoms with E-state index in [-0.39, 0.29) is 28.9 Å². The van der Waals surface area contributed by atoms with E-state index >= 15 is 0 Å². The number of rotatable bonds is 2. The number of fused-ring (bicyclic) bond motifs is 1. The van der Waals surface area contributed by atoms with Crippen LogP contribution in [-0.4, -0.2) is 40.5 Å². The van der Waals surface area contributed by atoms with Crippen LogP contribution >= 0.6 is 0 Å². The quantitative estimate of drug-likeness (QED) is 0.364. The van der Waals surface area contributed by atoms with Crippen LogP contribution in [0.4, 0.5) is 10.1 Å². The maximum atomic E-state index is 14.6. The van der Waals surface area contributed by atoms with Crippen molar-refractivity contribution >= 4 is 29.0 Å². The van der Waals surface area contributed by atoms with E-state index in [0.717, 1.165) is 0 Å². The van der Waals surface area contributed by atoms with E-state index in [2.05, 4.69) is 27.5 Å². The lowest BCUT2D eigenvalue weighted by Gasteiger charge is -2.05. The van der Waals surface area contributed by atoms with Gasteiger partial charge in [-0.05, 0) is 31.2 Å². The lowest BCUT2D eigenvalue weighted by Crippen LogP contribution is -2.19. The average molecular weight is 379 g/mol. The van der Waals surface area contributed by atoms with Gasteiger partial charge >= 0.3 is 0 Å². The SMILES string of the molecule is CC(=O)c1c[nH]c(C=C2C(=O)Nc3ccc(F)c(C#CC4CC(O)CN4)c32)c1. The highest BCUT2D eigenvalue weighted by Crippen LogP contribution is 2.36. The van der Waals surface area contributed by atoms with Crippen LogP contribution in [0.5, 0.6) is 0 Å². The van der Waals surface area contributed by atoms with Gasteiger partial charge in [0, 0.05) is 36.0 Å². The highest BCUT2D eigenvalue weighted by Gasteiger charge is 2.29. The first-order valence-corrected chi connectivity index (χ1v) is 8.90. The smallest absolute Gasteiger partial charge is 0.256 e. The van der Waals surface area contributed by atoms with Gasteiger partial charge in [-0.2, -0.15) is 0 Å². The Morgan fingerprint density at radius 2 is 2.21 bits per heavy atom. The van der Waals surface area contributed by atoms with Crippen molar-refractivity contribution in [1.29, 1.82) is 0 Å². The molecule has 1 amide bonds. The lowest BCUT2D eigenvalue weighted by molar-refractivity contribution is -0.110. The number of H-pyrrole nitrogens is 1. The highest BCUT2D eigenvalue weighted by molar-refractivity contribution is 6.35. The molecule has 142 valence electrons. The Hall–Kier alpha value is -3.21. The second-order valence-electron chi connectivity index (χ2n) is 6.88. The number of hydrogen-bond acceptors (Lipinski definition) is 4. The molecule has 0 aliphatic carbocycles. The largest absolute Gasteiger partial charge is 0.392 e. The monoisotopic (exact) mass is 379 g/mol. The third kappa shape index (κ3) is 3.36. The van der Waals surface area contributed by atoms with E-state index in [9.17, 15) is 19.1 Å². The molecule has 1 aromatic carbocycles. The molecule has 4 N–H and O–H groups in total. The Balaban J connectivity index is 1.76. The molecule has 2 atom stereocenters. The average Bonchev–Trinajstić information content (AvgIpc) is 3.35. The van der Waals surface area contributed by atoms with Gasteiger partial charge in [0.05, 0.1) is 29.0 Å². The molecule has 1 saturated heterocycles. The summed E-state index contributed by atoms with van der Waals surface area (Å²) in [5.74, 6) is 4.79.